The number of carbonyl (C=O) groups excluding carboxylic acids is 1. The van der Waals surface area contributed by atoms with Gasteiger partial charge < -0.3 is 5.11 Å². The molecule has 2 aromatic carbocycles. The zero-order valence-corrected chi connectivity index (χ0v) is 15.2. The second kappa shape index (κ2) is 8.97. The molecule has 0 heterocycles. The lowest BCUT2D eigenvalue weighted by Gasteiger charge is -2.09. The molecule has 126 valence electrons. The second-order valence-corrected chi connectivity index (χ2v) is 7.17. The number of carbonyl (C=O) groups is 1. The molecule has 2 aromatic rings. The number of hydrogen-bond donors (Lipinski definition) is 2. The van der Waals surface area contributed by atoms with E-state index >= 15 is 0 Å². The largest absolute Gasteiger partial charge is 0.506 e. The van der Waals surface area contributed by atoms with Crippen LogP contribution in [0.4, 0.5) is 0 Å². The van der Waals surface area contributed by atoms with Gasteiger partial charge in [-0.2, -0.15) is 5.10 Å². The van der Waals surface area contributed by atoms with Crippen molar-refractivity contribution in [3.63, 3.8) is 0 Å². The van der Waals surface area contributed by atoms with E-state index in [4.69, 9.17) is 23.2 Å². The first kappa shape index (κ1) is 18.6. The molecule has 0 aliphatic carbocycles. The number of nitrogens with zero attached hydrogens (tertiary/aromatic N) is 1. The predicted molar refractivity (Wildman–Crippen MR) is 101 cm³/mol. The van der Waals surface area contributed by atoms with E-state index in [9.17, 15) is 9.90 Å². The SMILES string of the molecule is CC(SCc1ccccc1)C(=O)NN=Cc1cc(Cl)cc(Cl)c1O. The van der Waals surface area contributed by atoms with E-state index in [0.29, 0.717) is 10.6 Å². The molecule has 0 aromatic heterocycles. The van der Waals surface area contributed by atoms with Gasteiger partial charge in [0.2, 0.25) is 0 Å². The summed E-state index contributed by atoms with van der Waals surface area (Å²) in [5.41, 5.74) is 3.93. The van der Waals surface area contributed by atoms with Crippen molar-refractivity contribution < 1.29 is 9.90 Å². The standard InChI is InChI=1S/C17H16Cl2N2O2S/c1-11(24-10-12-5-3-2-4-6-12)17(23)21-20-9-13-7-14(18)8-15(19)16(13)22/h2-9,11,22H,10H2,1H3,(H,21,23). The van der Waals surface area contributed by atoms with E-state index in [0.717, 1.165) is 11.3 Å². The number of phenols is 1. The Morgan fingerprint density at radius 3 is 2.75 bits per heavy atom. The predicted octanol–water partition coefficient (Wildman–Crippen LogP) is 4.47. The van der Waals surface area contributed by atoms with Crippen LogP contribution in [0.1, 0.15) is 18.1 Å². The van der Waals surface area contributed by atoms with Gasteiger partial charge in [0, 0.05) is 16.3 Å². The Labute approximate surface area is 154 Å². The van der Waals surface area contributed by atoms with Crippen LogP contribution in [0.5, 0.6) is 5.75 Å². The quantitative estimate of drug-likeness (QED) is 0.572. The number of nitrogens with one attached hydrogen (secondary N) is 1. The number of amides is 1. The fourth-order valence-corrected chi connectivity index (χ4v) is 3.16. The lowest BCUT2D eigenvalue weighted by molar-refractivity contribution is -0.120. The van der Waals surface area contributed by atoms with Crippen molar-refractivity contribution >= 4 is 47.1 Å². The van der Waals surface area contributed by atoms with E-state index in [1.165, 1.54) is 30.1 Å². The molecule has 1 unspecified atom stereocenters. The molecule has 1 amide bonds. The molecular weight excluding hydrogens is 367 g/mol. The highest BCUT2D eigenvalue weighted by Gasteiger charge is 2.13. The van der Waals surface area contributed by atoms with Gasteiger partial charge in [0.1, 0.15) is 5.75 Å². The molecule has 2 rings (SSSR count). The Balaban J connectivity index is 1.88. The molecule has 24 heavy (non-hydrogen) atoms. The summed E-state index contributed by atoms with van der Waals surface area (Å²) >= 11 is 13.2. The van der Waals surface area contributed by atoms with Crippen molar-refractivity contribution in [2.75, 3.05) is 0 Å². The smallest absolute Gasteiger partial charge is 0.252 e. The molecule has 2 N–H and O–H groups in total. The number of thioether (sulfide) groups is 1. The summed E-state index contributed by atoms with van der Waals surface area (Å²) in [5, 5.41) is 13.9. The molecule has 0 aliphatic rings. The lowest BCUT2D eigenvalue weighted by Crippen LogP contribution is -2.27. The summed E-state index contributed by atoms with van der Waals surface area (Å²) in [7, 11) is 0. The summed E-state index contributed by atoms with van der Waals surface area (Å²) < 4.78 is 0. The van der Waals surface area contributed by atoms with Crippen molar-refractivity contribution in [3.8, 4) is 5.75 Å². The Morgan fingerprint density at radius 2 is 2.04 bits per heavy atom. The van der Waals surface area contributed by atoms with Crippen molar-refractivity contribution in [1.29, 1.82) is 0 Å². The average molecular weight is 383 g/mol. The minimum Gasteiger partial charge on any atom is -0.506 e. The Kier molecular flexibility index (Phi) is 6.97. The summed E-state index contributed by atoms with van der Waals surface area (Å²) in [6.07, 6.45) is 1.31. The number of benzene rings is 2. The first-order valence-electron chi connectivity index (χ1n) is 7.14. The molecule has 7 heteroatoms. The van der Waals surface area contributed by atoms with E-state index in [-0.39, 0.29) is 21.9 Å². The molecule has 0 radical (unpaired) electrons. The normalized spacial score (nSPS) is 12.3. The van der Waals surface area contributed by atoms with E-state index in [1.54, 1.807) is 0 Å². The monoisotopic (exact) mass is 382 g/mol. The Hall–Kier alpha value is -1.69. The third-order valence-electron chi connectivity index (χ3n) is 3.15. The molecule has 0 aliphatic heterocycles. The number of halogens is 2. The number of phenolic OH excluding ortho intramolecular Hbond substituents is 1. The number of hydrogen-bond acceptors (Lipinski definition) is 4. The lowest BCUT2D eigenvalue weighted by atomic mass is 10.2. The van der Waals surface area contributed by atoms with Crippen LogP contribution < -0.4 is 5.43 Å². The summed E-state index contributed by atoms with van der Waals surface area (Å²) in [4.78, 5) is 12.0. The van der Waals surface area contributed by atoms with Gasteiger partial charge in [-0.25, -0.2) is 5.43 Å². The Morgan fingerprint density at radius 1 is 1.33 bits per heavy atom. The molecule has 0 bridgehead atoms. The van der Waals surface area contributed by atoms with Crippen molar-refractivity contribution in [2.45, 2.75) is 17.9 Å². The summed E-state index contributed by atoms with van der Waals surface area (Å²) in [6.45, 7) is 1.81. The van der Waals surface area contributed by atoms with Gasteiger partial charge in [0.05, 0.1) is 16.5 Å². The highest BCUT2D eigenvalue weighted by molar-refractivity contribution is 7.99. The molecule has 4 nitrogen and oxygen atoms in total. The van der Waals surface area contributed by atoms with Crippen LogP contribution in [0, 0.1) is 0 Å². The first-order valence-corrected chi connectivity index (χ1v) is 8.94. The van der Waals surface area contributed by atoms with Gasteiger partial charge in [-0.05, 0) is 24.6 Å². The molecule has 0 saturated carbocycles. The van der Waals surface area contributed by atoms with Gasteiger partial charge in [-0.3, -0.25) is 4.79 Å². The molecular formula is C17H16Cl2N2O2S. The minimum atomic E-state index is -0.265. The fraction of sp³-hybridized carbons (Fsp3) is 0.176. The number of hydrazone groups is 1. The zero-order valence-electron chi connectivity index (χ0n) is 12.9. The maximum Gasteiger partial charge on any atom is 0.252 e. The van der Waals surface area contributed by atoms with Crippen molar-refractivity contribution in [3.05, 3.63) is 63.6 Å². The van der Waals surface area contributed by atoms with Crippen molar-refractivity contribution in [1.82, 2.24) is 5.43 Å². The maximum absolute atomic E-state index is 12.0. The van der Waals surface area contributed by atoms with Crippen LogP contribution in [0.2, 0.25) is 10.0 Å². The molecule has 0 fully saturated rings. The van der Waals surface area contributed by atoms with Crippen LogP contribution in [0.15, 0.2) is 47.6 Å². The van der Waals surface area contributed by atoms with Crippen LogP contribution >= 0.6 is 35.0 Å². The third kappa shape index (κ3) is 5.44. The highest BCUT2D eigenvalue weighted by Crippen LogP contribution is 2.29. The molecule has 1 atom stereocenters. The van der Waals surface area contributed by atoms with Crippen LogP contribution in [0.3, 0.4) is 0 Å². The van der Waals surface area contributed by atoms with E-state index < -0.39 is 0 Å². The number of aromatic hydroxyl groups is 1. The fourth-order valence-electron chi connectivity index (χ4n) is 1.81. The summed E-state index contributed by atoms with van der Waals surface area (Å²) in [5.74, 6) is 0.384. The van der Waals surface area contributed by atoms with E-state index in [1.807, 2.05) is 37.3 Å². The minimum absolute atomic E-state index is 0.127. The topological polar surface area (TPSA) is 61.7 Å². The molecule has 0 saturated heterocycles. The van der Waals surface area contributed by atoms with Gasteiger partial charge >= 0.3 is 0 Å². The van der Waals surface area contributed by atoms with Gasteiger partial charge in [-0.15, -0.1) is 11.8 Å². The van der Waals surface area contributed by atoms with Crippen LogP contribution in [0.25, 0.3) is 0 Å². The van der Waals surface area contributed by atoms with Crippen LogP contribution in [-0.2, 0) is 10.5 Å². The highest BCUT2D eigenvalue weighted by atomic mass is 35.5. The van der Waals surface area contributed by atoms with Gasteiger partial charge in [-0.1, -0.05) is 53.5 Å². The summed E-state index contributed by atoms with van der Waals surface area (Å²) in [6, 6.07) is 12.9. The van der Waals surface area contributed by atoms with Crippen molar-refractivity contribution in [2.24, 2.45) is 5.10 Å². The second-order valence-electron chi connectivity index (χ2n) is 5.00. The maximum atomic E-state index is 12.0. The third-order valence-corrected chi connectivity index (χ3v) is 4.87. The first-order chi connectivity index (χ1) is 11.5. The zero-order chi connectivity index (χ0) is 17.5. The Bertz CT molecular complexity index is 739. The van der Waals surface area contributed by atoms with Crippen LogP contribution in [-0.4, -0.2) is 22.5 Å². The van der Waals surface area contributed by atoms with Gasteiger partial charge in [0.15, 0.2) is 0 Å². The van der Waals surface area contributed by atoms with E-state index in [2.05, 4.69) is 10.5 Å². The average Bonchev–Trinajstić information content (AvgIpc) is 2.57. The van der Waals surface area contributed by atoms with Gasteiger partial charge in [0.25, 0.3) is 5.91 Å². The number of rotatable bonds is 6. The molecule has 0 spiro atoms.